The van der Waals surface area contributed by atoms with Gasteiger partial charge in [0, 0.05) is 29.9 Å². The molecule has 7 heteroatoms. The number of carbonyl (C=O) groups excluding carboxylic acids is 3. The Morgan fingerprint density at radius 3 is 2.36 bits per heavy atom. The van der Waals surface area contributed by atoms with Crippen LogP contribution in [0.4, 0.5) is 16.2 Å². The maximum atomic E-state index is 12.1. The summed E-state index contributed by atoms with van der Waals surface area (Å²) in [7, 11) is 0. The molecule has 1 aliphatic rings. The summed E-state index contributed by atoms with van der Waals surface area (Å²) in [6.45, 7) is 0.427. The Morgan fingerprint density at radius 2 is 1.72 bits per heavy atom. The predicted octanol–water partition coefficient (Wildman–Crippen LogP) is 1.71. The van der Waals surface area contributed by atoms with Crippen LogP contribution >= 0.6 is 0 Å². The Bertz CT molecular complexity index is 790. The highest BCUT2D eigenvalue weighted by molar-refractivity contribution is 5.98. The summed E-state index contributed by atoms with van der Waals surface area (Å²) in [6.07, 6.45) is 0.253. The molecule has 0 spiro atoms. The smallest absolute Gasteiger partial charge is 0.319 e. The number of primary amides is 1. The van der Waals surface area contributed by atoms with E-state index in [0.29, 0.717) is 17.8 Å². The summed E-state index contributed by atoms with van der Waals surface area (Å²) in [6, 6.07) is 14.9. The van der Waals surface area contributed by atoms with E-state index in [1.807, 2.05) is 30.3 Å². The quantitative estimate of drug-likeness (QED) is 0.790. The van der Waals surface area contributed by atoms with Gasteiger partial charge in [-0.1, -0.05) is 18.2 Å². The minimum Gasteiger partial charge on any atom is -0.366 e. The SMILES string of the molecule is NC(=O)c1ccc(NC(=O)N[C@@H]2CC(=O)N(c3ccccc3)C2)cc1. The Balaban J connectivity index is 1.56. The lowest BCUT2D eigenvalue weighted by Gasteiger charge is -2.17. The average molecular weight is 338 g/mol. The number of para-hydroxylation sites is 1. The number of nitrogens with one attached hydrogen (secondary N) is 2. The van der Waals surface area contributed by atoms with Crippen molar-refractivity contribution in [3.05, 3.63) is 60.2 Å². The van der Waals surface area contributed by atoms with Crippen molar-refractivity contribution in [1.29, 1.82) is 0 Å². The molecule has 1 atom stereocenters. The number of hydrogen-bond acceptors (Lipinski definition) is 3. The number of nitrogens with two attached hydrogens (primary N) is 1. The van der Waals surface area contributed by atoms with E-state index in [9.17, 15) is 14.4 Å². The molecule has 3 rings (SSSR count). The normalized spacial score (nSPS) is 16.6. The van der Waals surface area contributed by atoms with Crippen molar-refractivity contribution in [2.45, 2.75) is 12.5 Å². The van der Waals surface area contributed by atoms with Gasteiger partial charge in [0.15, 0.2) is 0 Å². The monoisotopic (exact) mass is 338 g/mol. The molecule has 4 N–H and O–H groups in total. The van der Waals surface area contributed by atoms with E-state index in [-0.39, 0.29) is 18.4 Å². The maximum absolute atomic E-state index is 12.1. The lowest BCUT2D eigenvalue weighted by atomic mass is 10.2. The van der Waals surface area contributed by atoms with Gasteiger partial charge in [-0.05, 0) is 36.4 Å². The van der Waals surface area contributed by atoms with Gasteiger partial charge in [-0.3, -0.25) is 9.59 Å². The second kappa shape index (κ2) is 7.04. The first-order valence-electron chi connectivity index (χ1n) is 7.86. The highest BCUT2D eigenvalue weighted by atomic mass is 16.2. The average Bonchev–Trinajstić information content (AvgIpc) is 2.96. The van der Waals surface area contributed by atoms with Crippen molar-refractivity contribution in [3.63, 3.8) is 0 Å². The molecule has 128 valence electrons. The molecule has 0 radical (unpaired) electrons. The number of urea groups is 1. The molecule has 1 fully saturated rings. The summed E-state index contributed by atoms with van der Waals surface area (Å²) < 4.78 is 0. The fourth-order valence-corrected chi connectivity index (χ4v) is 2.73. The molecule has 1 aliphatic heterocycles. The second-order valence-corrected chi connectivity index (χ2v) is 5.78. The number of amides is 4. The van der Waals surface area contributed by atoms with E-state index >= 15 is 0 Å². The highest BCUT2D eigenvalue weighted by Gasteiger charge is 2.31. The first kappa shape index (κ1) is 16.5. The van der Waals surface area contributed by atoms with Gasteiger partial charge >= 0.3 is 6.03 Å². The van der Waals surface area contributed by atoms with Crippen molar-refractivity contribution in [1.82, 2.24) is 5.32 Å². The van der Waals surface area contributed by atoms with E-state index in [0.717, 1.165) is 5.69 Å². The van der Waals surface area contributed by atoms with Gasteiger partial charge in [-0.15, -0.1) is 0 Å². The van der Waals surface area contributed by atoms with Crippen LogP contribution in [0.5, 0.6) is 0 Å². The zero-order valence-corrected chi connectivity index (χ0v) is 13.4. The van der Waals surface area contributed by atoms with Gasteiger partial charge in [-0.2, -0.15) is 0 Å². The molecule has 0 unspecified atom stereocenters. The van der Waals surface area contributed by atoms with E-state index < -0.39 is 11.9 Å². The number of rotatable bonds is 4. The lowest BCUT2D eigenvalue weighted by molar-refractivity contribution is -0.117. The zero-order valence-electron chi connectivity index (χ0n) is 13.4. The largest absolute Gasteiger partial charge is 0.366 e. The molecule has 1 heterocycles. The molecule has 0 aromatic heterocycles. The molecule has 7 nitrogen and oxygen atoms in total. The van der Waals surface area contributed by atoms with Crippen molar-refractivity contribution in [2.24, 2.45) is 5.73 Å². The first-order valence-corrected chi connectivity index (χ1v) is 7.86. The zero-order chi connectivity index (χ0) is 17.8. The van der Waals surface area contributed by atoms with Crippen molar-refractivity contribution >= 4 is 29.2 Å². The second-order valence-electron chi connectivity index (χ2n) is 5.78. The fourth-order valence-electron chi connectivity index (χ4n) is 2.73. The van der Waals surface area contributed by atoms with Crippen LogP contribution in [0.3, 0.4) is 0 Å². The van der Waals surface area contributed by atoms with E-state index in [2.05, 4.69) is 10.6 Å². The number of anilines is 2. The van der Waals surface area contributed by atoms with Gasteiger partial charge in [-0.25, -0.2) is 4.79 Å². The summed E-state index contributed by atoms with van der Waals surface area (Å²) in [4.78, 5) is 36.9. The van der Waals surface area contributed by atoms with Gasteiger partial charge in [0.05, 0.1) is 6.04 Å². The van der Waals surface area contributed by atoms with Crippen molar-refractivity contribution < 1.29 is 14.4 Å². The van der Waals surface area contributed by atoms with Crippen LogP contribution in [0, 0.1) is 0 Å². The van der Waals surface area contributed by atoms with Crippen molar-refractivity contribution in [2.75, 3.05) is 16.8 Å². The number of hydrogen-bond donors (Lipinski definition) is 3. The van der Waals surface area contributed by atoms with Crippen LogP contribution < -0.4 is 21.3 Å². The van der Waals surface area contributed by atoms with E-state index in [1.54, 1.807) is 17.0 Å². The molecule has 25 heavy (non-hydrogen) atoms. The van der Waals surface area contributed by atoms with Crippen LogP contribution in [-0.4, -0.2) is 30.4 Å². The molecular weight excluding hydrogens is 320 g/mol. The summed E-state index contributed by atoms with van der Waals surface area (Å²) in [5.41, 5.74) is 6.89. The molecular formula is C18H18N4O3. The topological polar surface area (TPSA) is 105 Å². The third kappa shape index (κ3) is 3.95. The number of nitrogens with zero attached hydrogens (tertiary/aromatic N) is 1. The Morgan fingerprint density at radius 1 is 1.04 bits per heavy atom. The standard InChI is InChI=1S/C18H18N4O3/c19-17(24)12-6-8-13(9-7-12)20-18(25)21-14-10-16(23)22(11-14)15-4-2-1-3-5-15/h1-9,14H,10-11H2,(H2,19,24)(H2,20,21,25)/t14-/m1/s1. The molecule has 2 aromatic carbocycles. The maximum Gasteiger partial charge on any atom is 0.319 e. The number of carbonyl (C=O) groups is 3. The third-order valence-corrected chi connectivity index (χ3v) is 3.96. The Hall–Kier alpha value is -3.35. The van der Waals surface area contributed by atoms with Gasteiger partial charge in [0.25, 0.3) is 0 Å². The molecule has 0 saturated carbocycles. The first-order chi connectivity index (χ1) is 12.0. The molecule has 0 aliphatic carbocycles. The van der Waals surface area contributed by atoms with E-state index in [1.165, 1.54) is 12.1 Å². The summed E-state index contributed by atoms with van der Waals surface area (Å²) >= 11 is 0. The molecule has 4 amide bonds. The van der Waals surface area contributed by atoms with Gasteiger partial charge in [0.2, 0.25) is 11.8 Å². The third-order valence-electron chi connectivity index (χ3n) is 3.96. The lowest BCUT2D eigenvalue weighted by Crippen LogP contribution is -2.39. The Kier molecular flexibility index (Phi) is 4.65. The van der Waals surface area contributed by atoms with Gasteiger partial charge in [0.1, 0.15) is 0 Å². The van der Waals surface area contributed by atoms with Crippen LogP contribution in [0.25, 0.3) is 0 Å². The highest BCUT2D eigenvalue weighted by Crippen LogP contribution is 2.21. The number of benzene rings is 2. The fraction of sp³-hybridized carbons (Fsp3) is 0.167. The van der Waals surface area contributed by atoms with Crippen LogP contribution in [0.2, 0.25) is 0 Å². The molecule has 0 bridgehead atoms. The van der Waals surface area contributed by atoms with Crippen molar-refractivity contribution in [3.8, 4) is 0 Å². The molecule has 1 saturated heterocycles. The van der Waals surface area contributed by atoms with Crippen LogP contribution in [-0.2, 0) is 4.79 Å². The Labute approximate surface area is 144 Å². The summed E-state index contributed by atoms with van der Waals surface area (Å²) in [5, 5.41) is 5.46. The minimum atomic E-state index is -0.526. The predicted molar refractivity (Wildman–Crippen MR) is 94.3 cm³/mol. The van der Waals surface area contributed by atoms with Crippen LogP contribution in [0.1, 0.15) is 16.8 Å². The van der Waals surface area contributed by atoms with Crippen LogP contribution in [0.15, 0.2) is 54.6 Å². The summed E-state index contributed by atoms with van der Waals surface area (Å²) in [5.74, 6) is -0.552. The van der Waals surface area contributed by atoms with Gasteiger partial charge < -0.3 is 21.3 Å². The van der Waals surface area contributed by atoms with E-state index in [4.69, 9.17) is 5.73 Å². The molecule has 2 aromatic rings. The minimum absolute atomic E-state index is 0.0256.